The summed E-state index contributed by atoms with van der Waals surface area (Å²) in [6, 6.07) is 3.87. The van der Waals surface area contributed by atoms with Gasteiger partial charge in [-0.1, -0.05) is 0 Å². The van der Waals surface area contributed by atoms with Crippen molar-refractivity contribution in [3.8, 4) is 0 Å². The van der Waals surface area contributed by atoms with Crippen LogP contribution < -0.4 is 0 Å². The van der Waals surface area contributed by atoms with Crippen LogP contribution in [0.2, 0.25) is 0 Å². The van der Waals surface area contributed by atoms with Gasteiger partial charge in [0.25, 0.3) is 5.91 Å². The number of carbonyl (C=O) groups excluding carboxylic acids is 1. The van der Waals surface area contributed by atoms with Crippen LogP contribution in [0.5, 0.6) is 0 Å². The molecule has 3 heterocycles. The lowest BCUT2D eigenvalue weighted by molar-refractivity contribution is -0.114. The quantitative estimate of drug-likeness (QED) is 0.873. The fourth-order valence-electron chi connectivity index (χ4n) is 3.62. The predicted molar refractivity (Wildman–Crippen MR) is 92.8 cm³/mol. The van der Waals surface area contributed by atoms with Crippen LogP contribution in [0.1, 0.15) is 47.6 Å². The van der Waals surface area contributed by atoms with Crippen LogP contribution in [-0.2, 0) is 11.2 Å². The van der Waals surface area contributed by atoms with Crippen molar-refractivity contribution in [2.24, 2.45) is 10.2 Å². The molecule has 1 aliphatic heterocycles. The Hall–Kier alpha value is -2.67. The summed E-state index contributed by atoms with van der Waals surface area (Å²) in [5.74, 6) is -0.305. The first-order chi connectivity index (χ1) is 12.1. The molecule has 1 N–H and O–H groups in total. The van der Waals surface area contributed by atoms with Crippen LogP contribution in [0, 0.1) is 0 Å². The normalized spacial score (nSPS) is 24.3. The van der Waals surface area contributed by atoms with Crippen LogP contribution in [0.3, 0.4) is 0 Å². The van der Waals surface area contributed by atoms with Crippen molar-refractivity contribution >= 4 is 12.0 Å². The van der Waals surface area contributed by atoms with E-state index in [4.69, 9.17) is 0 Å². The van der Waals surface area contributed by atoms with Crippen LogP contribution in [0.25, 0.3) is 6.08 Å². The Balaban J connectivity index is 1.69. The van der Waals surface area contributed by atoms with E-state index in [9.17, 15) is 4.79 Å². The van der Waals surface area contributed by atoms with E-state index >= 15 is 0 Å². The zero-order chi connectivity index (χ0) is 17.4. The van der Waals surface area contributed by atoms with Crippen molar-refractivity contribution in [1.82, 2.24) is 19.9 Å². The molecule has 2 unspecified atom stereocenters. The maximum Gasteiger partial charge on any atom is 0.293 e. The molecule has 2 aromatic rings. The molecule has 0 fully saturated rings. The summed E-state index contributed by atoms with van der Waals surface area (Å²) < 4.78 is 0. The molecule has 2 aliphatic rings. The summed E-state index contributed by atoms with van der Waals surface area (Å²) >= 11 is 0. The highest BCUT2D eigenvalue weighted by atomic mass is 16.2. The van der Waals surface area contributed by atoms with E-state index in [1.165, 1.54) is 24.0 Å². The Labute approximate surface area is 145 Å². The SMILES string of the molecule is CN(C)C1CCCc2[nH]c(C=C3C(=O)N=NC3c3ccncn3)cc21. The predicted octanol–water partition coefficient (Wildman–Crippen LogP) is 2.86. The molecule has 1 amide bonds. The lowest BCUT2D eigenvalue weighted by Gasteiger charge is -2.28. The first kappa shape index (κ1) is 15.8. The van der Waals surface area contributed by atoms with Crippen molar-refractivity contribution in [3.05, 3.63) is 52.9 Å². The van der Waals surface area contributed by atoms with Gasteiger partial charge in [-0.05, 0) is 57.1 Å². The number of hydrogen-bond acceptors (Lipinski definition) is 5. The highest BCUT2D eigenvalue weighted by molar-refractivity contribution is 6.01. The van der Waals surface area contributed by atoms with Crippen molar-refractivity contribution in [1.29, 1.82) is 0 Å². The van der Waals surface area contributed by atoms with Gasteiger partial charge >= 0.3 is 0 Å². The van der Waals surface area contributed by atoms with Gasteiger partial charge in [0.1, 0.15) is 12.4 Å². The van der Waals surface area contributed by atoms with Crippen molar-refractivity contribution < 1.29 is 4.79 Å². The minimum absolute atomic E-state index is 0.305. The average molecular weight is 336 g/mol. The number of aromatic amines is 1. The molecule has 0 radical (unpaired) electrons. The number of amides is 1. The molecule has 7 nitrogen and oxygen atoms in total. The smallest absolute Gasteiger partial charge is 0.293 e. The van der Waals surface area contributed by atoms with Crippen molar-refractivity contribution in [2.75, 3.05) is 14.1 Å². The van der Waals surface area contributed by atoms with Gasteiger partial charge in [-0.15, -0.1) is 5.11 Å². The number of fused-ring (bicyclic) bond motifs is 1. The Kier molecular flexibility index (Phi) is 4.01. The van der Waals surface area contributed by atoms with Gasteiger partial charge in [0.2, 0.25) is 0 Å². The lowest BCUT2D eigenvalue weighted by Crippen LogP contribution is -2.23. The Morgan fingerprint density at radius 3 is 3.00 bits per heavy atom. The molecule has 0 saturated carbocycles. The Morgan fingerprint density at radius 2 is 2.24 bits per heavy atom. The fraction of sp³-hybridized carbons (Fsp3) is 0.389. The highest BCUT2D eigenvalue weighted by Crippen LogP contribution is 2.36. The van der Waals surface area contributed by atoms with E-state index in [1.807, 2.05) is 6.08 Å². The van der Waals surface area contributed by atoms with Gasteiger partial charge in [0, 0.05) is 23.6 Å². The number of nitrogens with zero attached hydrogens (tertiary/aromatic N) is 5. The molecular weight excluding hydrogens is 316 g/mol. The van der Waals surface area contributed by atoms with Crippen LogP contribution in [0.4, 0.5) is 0 Å². The number of H-pyrrole nitrogens is 1. The molecule has 0 bridgehead atoms. The average Bonchev–Trinajstić information content (AvgIpc) is 3.19. The molecule has 0 spiro atoms. The van der Waals surface area contributed by atoms with Crippen LogP contribution >= 0.6 is 0 Å². The summed E-state index contributed by atoms with van der Waals surface area (Å²) in [6.07, 6.45) is 8.33. The minimum Gasteiger partial charge on any atom is -0.359 e. The summed E-state index contributed by atoms with van der Waals surface area (Å²) in [5, 5.41) is 7.82. The van der Waals surface area contributed by atoms with Gasteiger partial charge in [0.15, 0.2) is 0 Å². The summed E-state index contributed by atoms with van der Waals surface area (Å²) in [7, 11) is 4.21. The molecule has 2 atom stereocenters. The van der Waals surface area contributed by atoms with Gasteiger partial charge in [-0.3, -0.25) is 4.79 Å². The van der Waals surface area contributed by atoms with Gasteiger partial charge in [-0.2, -0.15) is 5.11 Å². The largest absolute Gasteiger partial charge is 0.359 e. The highest BCUT2D eigenvalue weighted by Gasteiger charge is 2.30. The first-order valence-electron chi connectivity index (χ1n) is 8.44. The van der Waals surface area contributed by atoms with E-state index < -0.39 is 6.04 Å². The molecule has 4 rings (SSSR count). The third kappa shape index (κ3) is 2.91. The summed E-state index contributed by atoms with van der Waals surface area (Å²) in [4.78, 5) is 26.0. The topological polar surface area (TPSA) is 86.6 Å². The molecule has 128 valence electrons. The van der Waals surface area contributed by atoms with Crippen LogP contribution in [-0.4, -0.2) is 39.9 Å². The second-order valence-electron chi connectivity index (χ2n) is 6.69. The number of nitrogens with one attached hydrogen (secondary N) is 1. The lowest BCUT2D eigenvalue weighted by atomic mass is 9.92. The van der Waals surface area contributed by atoms with E-state index in [0.717, 1.165) is 18.5 Å². The van der Waals surface area contributed by atoms with Crippen LogP contribution in [0.15, 0.2) is 40.5 Å². The monoisotopic (exact) mass is 336 g/mol. The standard InChI is InChI=1S/C18H20N6O/c1-24(2)16-5-3-4-14-12(16)8-11(21-14)9-13-17(22-23-18(13)25)15-6-7-19-10-20-15/h6-10,16-17,21H,3-5H2,1-2H3. The second-order valence-corrected chi connectivity index (χ2v) is 6.69. The van der Waals surface area contributed by atoms with E-state index in [1.54, 1.807) is 12.3 Å². The summed E-state index contributed by atoms with van der Waals surface area (Å²) in [5.41, 5.74) is 4.72. The maximum absolute atomic E-state index is 12.2. The van der Waals surface area contributed by atoms with E-state index in [2.05, 4.69) is 50.2 Å². The van der Waals surface area contributed by atoms with Crippen molar-refractivity contribution in [3.63, 3.8) is 0 Å². The van der Waals surface area contributed by atoms with Gasteiger partial charge in [-0.25, -0.2) is 9.97 Å². The molecule has 25 heavy (non-hydrogen) atoms. The molecule has 0 saturated heterocycles. The third-order valence-electron chi connectivity index (χ3n) is 4.84. The number of carbonyl (C=O) groups is 1. The zero-order valence-electron chi connectivity index (χ0n) is 14.3. The third-order valence-corrected chi connectivity index (χ3v) is 4.84. The number of azo groups is 1. The fourth-order valence-corrected chi connectivity index (χ4v) is 3.62. The number of aromatic nitrogens is 3. The zero-order valence-corrected chi connectivity index (χ0v) is 14.3. The van der Waals surface area contributed by atoms with E-state index in [0.29, 0.717) is 17.3 Å². The number of hydrogen-bond donors (Lipinski definition) is 1. The summed E-state index contributed by atoms with van der Waals surface area (Å²) in [6.45, 7) is 0. The Morgan fingerprint density at radius 1 is 1.36 bits per heavy atom. The minimum atomic E-state index is -0.458. The number of rotatable bonds is 3. The van der Waals surface area contributed by atoms with E-state index in [-0.39, 0.29) is 5.91 Å². The maximum atomic E-state index is 12.2. The Bertz CT molecular complexity index is 852. The van der Waals surface area contributed by atoms with Crippen molar-refractivity contribution in [2.45, 2.75) is 31.3 Å². The molecule has 1 aliphatic carbocycles. The first-order valence-corrected chi connectivity index (χ1v) is 8.44. The van der Waals surface area contributed by atoms with Gasteiger partial charge < -0.3 is 9.88 Å². The number of aryl methyl sites for hydroxylation is 1. The van der Waals surface area contributed by atoms with Gasteiger partial charge in [0.05, 0.1) is 11.3 Å². The second kappa shape index (κ2) is 6.33. The molecule has 2 aromatic heterocycles. The molecular formula is C18H20N6O. The molecule has 0 aromatic carbocycles. The molecule has 7 heteroatoms.